The molecule has 18 heavy (non-hydrogen) atoms. The van der Waals surface area contributed by atoms with Crippen molar-refractivity contribution >= 4 is 5.91 Å². The highest BCUT2D eigenvalue weighted by Crippen LogP contribution is 2.20. The van der Waals surface area contributed by atoms with Gasteiger partial charge in [0.2, 0.25) is 5.91 Å². The van der Waals surface area contributed by atoms with Crippen molar-refractivity contribution in [3.63, 3.8) is 0 Å². The van der Waals surface area contributed by atoms with E-state index in [0.29, 0.717) is 6.61 Å². The first kappa shape index (κ1) is 15.2. The van der Waals surface area contributed by atoms with Gasteiger partial charge in [0.1, 0.15) is 6.54 Å². The van der Waals surface area contributed by atoms with Crippen LogP contribution in [-0.2, 0) is 9.53 Å². The van der Waals surface area contributed by atoms with Gasteiger partial charge in [0.15, 0.2) is 0 Å². The fourth-order valence-corrected chi connectivity index (χ4v) is 1.96. The normalized spacial score (nSPS) is 24.3. The molecule has 2 unspecified atom stereocenters. The Morgan fingerprint density at radius 1 is 1.44 bits per heavy atom. The maximum absolute atomic E-state index is 12.2. The van der Waals surface area contributed by atoms with Crippen molar-refractivity contribution in [2.45, 2.75) is 25.6 Å². The van der Waals surface area contributed by atoms with E-state index in [1.807, 2.05) is 6.92 Å². The first-order valence-electron chi connectivity index (χ1n) is 5.98. The Kier molecular flexibility index (Phi) is 5.40. The zero-order valence-corrected chi connectivity index (χ0v) is 10.6. The number of ether oxygens (including phenoxy) is 1. The molecule has 1 heterocycles. The number of carbonyl (C=O) groups is 1. The minimum absolute atomic E-state index is 0.183. The highest BCUT2D eigenvalue weighted by atomic mass is 19.4. The molecular weight excluding hydrogens is 249 g/mol. The van der Waals surface area contributed by atoms with E-state index in [1.165, 1.54) is 7.05 Å². The Bertz CT molecular complexity index is 284. The number of halogens is 3. The molecule has 0 saturated carbocycles. The highest BCUT2D eigenvalue weighted by Gasteiger charge is 2.38. The zero-order chi connectivity index (χ0) is 13.8. The number of hydrogen-bond acceptors (Lipinski definition) is 3. The summed E-state index contributed by atoms with van der Waals surface area (Å²) in [6.45, 7) is 2.04. The lowest BCUT2D eigenvalue weighted by molar-refractivity contribution is -0.161. The van der Waals surface area contributed by atoms with Crippen LogP contribution in [0.4, 0.5) is 13.2 Å². The maximum atomic E-state index is 12.2. The fourth-order valence-electron chi connectivity index (χ4n) is 1.96. The van der Waals surface area contributed by atoms with Crippen molar-refractivity contribution in [2.75, 3.05) is 33.4 Å². The zero-order valence-electron chi connectivity index (χ0n) is 10.6. The molecule has 1 saturated heterocycles. The van der Waals surface area contributed by atoms with E-state index in [-0.39, 0.29) is 12.6 Å². The minimum Gasteiger partial charge on any atom is -0.379 e. The summed E-state index contributed by atoms with van der Waals surface area (Å²) < 4.78 is 41.8. The van der Waals surface area contributed by atoms with Gasteiger partial charge in [-0.25, -0.2) is 0 Å². The van der Waals surface area contributed by atoms with Crippen LogP contribution >= 0.6 is 0 Å². The Morgan fingerprint density at radius 3 is 2.67 bits per heavy atom. The molecule has 1 fully saturated rings. The highest BCUT2D eigenvalue weighted by molar-refractivity contribution is 5.79. The molecule has 0 bridgehead atoms. The van der Waals surface area contributed by atoms with Gasteiger partial charge in [0.05, 0.1) is 19.1 Å². The molecular formula is C11H19F3N2O2. The van der Waals surface area contributed by atoms with Gasteiger partial charge < -0.3 is 15.0 Å². The molecule has 106 valence electrons. The molecule has 2 atom stereocenters. The summed E-state index contributed by atoms with van der Waals surface area (Å²) in [6.07, 6.45) is -3.47. The SMILES string of the molecule is CCCNC1COCC1C(=O)N(C)CC(F)(F)F. The Hall–Kier alpha value is -0.820. The van der Waals surface area contributed by atoms with Gasteiger partial charge in [-0.3, -0.25) is 4.79 Å². The molecule has 7 heteroatoms. The molecule has 1 aliphatic heterocycles. The van der Waals surface area contributed by atoms with Crippen LogP contribution in [0.5, 0.6) is 0 Å². The number of nitrogens with zero attached hydrogens (tertiary/aromatic N) is 1. The summed E-state index contributed by atoms with van der Waals surface area (Å²) in [5, 5.41) is 3.13. The second-order valence-corrected chi connectivity index (χ2v) is 4.51. The summed E-state index contributed by atoms with van der Waals surface area (Å²) in [6, 6.07) is -0.187. The lowest BCUT2D eigenvalue weighted by Gasteiger charge is -2.25. The lowest BCUT2D eigenvalue weighted by Crippen LogP contribution is -2.47. The van der Waals surface area contributed by atoms with Gasteiger partial charge in [-0.15, -0.1) is 0 Å². The van der Waals surface area contributed by atoms with Gasteiger partial charge in [-0.1, -0.05) is 6.92 Å². The second-order valence-electron chi connectivity index (χ2n) is 4.51. The summed E-state index contributed by atoms with van der Waals surface area (Å²) in [4.78, 5) is 12.6. The van der Waals surface area contributed by atoms with E-state index < -0.39 is 24.5 Å². The average molecular weight is 268 g/mol. The maximum Gasteiger partial charge on any atom is 0.406 e. The van der Waals surface area contributed by atoms with Crippen LogP contribution in [0.1, 0.15) is 13.3 Å². The van der Waals surface area contributed by atoms with Gasteiger partial charge in [0.25, 0.3) is 0 Å². The topological polar surface area (TPSA) is 41.6 Å². The fraction of sp³-hybridized carbons (Fsp3) is 0.909. The van der Waals surface area contributed by atoms with E-state index in [4.69, 9.17) is 4.74 Å². The first-order chi connectivity index (χ1) is 8.35. The quantitative estimate of drug-likeness (QED) is 0.809. The van der Waals surface area contributed by atoms with Gasteiger partial charge in [0, 0.05) is 13.1 Å². The molecule has 4 nitrogen and oxygen atoms in total. The summed E-state index contributed by atoms with van der Waals surface area (Å²) >= 11 is 0. The standard InChI is InChI=1S/C11H19F3N2O2/c1-3-4-15-9-6-18-5-8(9)10(17)16(2)7-11(12,13)14/h8-9,15H,3-7H2,1-2H3. The number of hydrogen-bond donors (Lipinski definition) is 1. The molecule has 1 rings (SSSR count). The van der Waals surface area contributed by atoms with Crippen molar-refractivity contribution in [3.8, 4) is 0 Å². The lowest BCUT2D eigenvalue weighted by atomic mass is 10.0. The predicted octanol–water partition coefficient (Wildman–Crippen LogP) is 1.02. The Balaban J connectivity index is 2.53. The van der Waals surface area contributed by atoms with Crippen molar-refractivity contribution in [3.05, 3.63) is 0 Å². The van der Waals surface area contributed by atoms with Crippen LogP contribution in [0.15, 0.2) is 0 Å². The molecule has 0 spiro atoms. The van der Waals surface area contributed by atoms with Gasteiger partial charge in [-0.2, -0.15) is 13.2 Å². The van der Waals surface area contributed by atoms with Crippen LogP contribution in [0.2, 0.25) is 0 Å². The molecule has 0 aromatic heterocycles. The first-order valence-corrected chi connectivity index (χ1v) is 5.98. The monoisotopic (exact) mass is 268 g/mol. The molecule has 0 aromatic carbocycles. The molecule has 0 radical (unpaired) electrons. The van der Waals surface area contributed by atoms with Crippen LogP contribution in [0.25, 0.3) is 0 Å². The van der Waals surface area contributed by atoms with Crippen molar-refractivity contribution in [1.29, 1.82) is 0 Å². The Labute approximate surface area is 104 Å². The van der Waals surface area contributed by atoms with Crippen molar-refractivity contribution in [2.24, 2.45) is 5.92 Å². The predicted molar refractivity (Wildman–Crippen MR) is 60.1 cm³/mol. The number of carbonyl (C=O) groups excluding carboxylic acids is 1. The van der Waals surface area contributed by atoms with E-state index in [2.05, 4.69) is 5.32 Å². The van der Waals surface area contributed by atoms with E-state index in [1.54, 1.807) is 0 Å². The number of amides is 1. The van der Waals surface area contributed by atoms with Crippen molar-refractivity contribution in [1.82, 2.24) is 10.2 Å². The van der Waals surface area contributed by atoms with Crippen LogP contribution in [-0.4, -0.2) is 56.4 Å². The van der Waals surface area contributed by atoms with E-state index in [9.17, 15) is 18.0 Å². The smallest absolute Gasteiger partial charge is 0.379 e. The molecule has 1 N–H and O–H groups in total. The molecule has 0 aliphatic carbocycles. The largest absolute Gasteiger partial charge is 0.406 e. The number of alkyl halides is 3. The third kappa shape index (κ3) is 4.45. The van der Waals surface area contributed by atoms with Gasteiger partial charge >= 0.3 is 6.18 Å². The van der Waals surface area contributed by atoms with Crippen LogP contribution in [0.3, 0.4) is 0 Å². The molecule has 0 aromatic rings. The third-order valence-electron chi connectivity index (χ3n) is 2.85. The van der Waals surface area contributed by atoms with Crippen LogP contribution in [0, 0.1) is 5.92 Å². The summed E-state index contributed by atoms with van der Waals surface area (Å²) in [7, 11) is 1.17. The average Bonchev–Trinajstić information content (AvgIpc) is 2.70. The van der Waals surface area contributed by atoms with Crippen molar-refractivity contribution < 1.29 is 22.7 Å². The molecule has 1 aliphatic rings. The summed E-state index contributed by atoms with van der Waals surface area (Å²) in [5.41, 5.74) is 0. The second kappa shape index (κ2) is 6.38. The Morgan fingerprint density at radius 2 is 2.11 bits per heavy atom. The van der Waals surface area contributed by atoms with Crippen LogP contribution < -0.4 is 5.32 Å². The van der Waals surface area contributed by atoms with E-state index in [0.717, 1.165) is 17.9 Å². The third-order valence-corrected chi connectivity index (χ3v) is 2.85. The summed E-state index contributed by atoms with van der Waals surface area (Å²) in [5.74, 6) is -1.04. The van der Waals surface area contributed by atoms with Gasteiger partial charge in [-0.05, 0) is 13.0 Å². The number of nitrogens with one attached hydrogen (secondary N) is 1. The minimum atomic E-state index is -4.36. The molecule has 1 amide bonds. The number of rotatable bonds is 5. The van der Waals surface area contributed by atoms with E-state index >= 15 is 0 Å².